The number of hydrogen-bond donors (Lipinski definition) is 0. The highest BCUT2D eigenvalue weighted by Gasteiger charge is 2.19. The van der Waals surface area contributed by atoms with Gasteiger partial charge in [0, 0.05) is 11.8 Å². The Hall–Kier alpha value is -1.63. The van der Waals surface area contributed by atoms with E-state index in [4.69, 9.17) is 27.9 Å². The second-order valence-electron chi connectivity index (χ2n) is 4.62. The third-order valence-corrected chi connectivity index (χ3v) is 4.86. The van der Waals surface area contributed by atoms with E-state index in [-0.39, 0.29) is 0 Å². The van der Waals surface area contributed by atoms with E-state index in [9.17, 15) is 4.79 Å². The van der Waals surface area contributed by atoms with Gasteiger partial charge in [-0.2, -0.15) is 0 Å². The number of rotatable bonds is 3. The van der Waals surface area contributed by atoms with E-state index in [0.29, 0.717) is 31.9 Å². The van der Waals surface area contributed by atoms with E-state index in [0.717, 1.165) is 11.4 Å². The van der Waals surface area contributed by atoms with Crippen LogP contribution in [0, 0.1) is 6.92 Å². The Bertz CT molecular complexity index is 872. The number of aromatic nitrogens is 3. The molecule has 0 bridgehead atoms. The molecule has 0 amide bonds. The van der Waals surface area contributed by atoms with Gasteiger partial charge in [0.2, 0.25) is 0 Å². The number of thiophene rings is 1. The molecule has 0 unspecified atom stereocenters. The number of carbonyl (C=O) groups excluding carboxylic acids is 1. The average molecular weight is 356 g/mol. The first-order valence-electron chi connectivity index (χ1n) is 6.35. The molecular formula is C14H11Cl2N3O2S. The van der Waals surface area contributed by atoms with Crippen molar-refractivity contribution in [1.29, 1.82) is 0 Å². The Morgan fingerprint density at radius 3 is 2.86 bits per heavy atom. The summed E-state index contributed by atoms with van der Waals surface area (Å²) in [5.74, 6) is 0.306. The molecule has 0 fully saturated rings. The fraction of sp³-hybridized carbons (Fsp3) is 0.214. The Labute approximate surface area is 140 Å². The van der Waals surface area contributed by atoms with E-state index in [1.54, 1.807) is 12.3 Å². The van der Waals surface area contributed by atoms with Gasteiger partial charge in [-0.05, 0) is 19.1 Å². The predicted molar refractivity (Wildman–Crippen MR) is 87.0 cm³/mol. The van der Waals surface area contributed by atoms with Crippen LogP contribution in [0.1, 0.15) is 21.7 Å². The largest absolute Gasteiger partial charge is 0.465 e. The van der Waals surface area contributed by atoms with Crippen LogP contribution >= 0.6 is 34.5 Å². The summed E-state index contributed by atoms with van der Waals surface area (Å²) in [5, 5.41) is 0. The summed E-state index contributed by atoms with van der Waals surface area (Å²) in [6, 6.07) is 3.43. The maximum absolute atomic E-state index is 12.0. The fourth-order valence-electron chi connectivity index (χ4n) is 2.29. The number of methoxy groups -OCH3 is 1. The van der Waals surface area contributed by atoms with Crippen LogP contribution in [-0.2, 0) is 11.3 Å². The molecule has 0 aromatic carbocycles. The number of ether oxygens (including phenoxy) is 1. The molecule has 3 rings (SSSR count). The van der Waals surface area contributed by atoms with Crippen molar-refractivity contribution >= 4 is 51.7 Å². The summed E-state index contributed by atoms with van der Waals surface area (Å²) in [7, 11) is 1.34. The Morgan fingerprint density at radius 2 is 2.23 bits per heavy atom. The number of imidazole rings is 1. The molecule has 22 heavy (non-hydrogen) atoms. The van der Waals surface area contributed by atoms with Gasteiger partial charge in [-0.15, -0.1) is 11.3 Å². The van der Waals surface area contributed by atoms with Crippen molar-refractivity contribution in [1.82, 2.24) is 14.5 Å². The van der Waals surface area contributed by atoms with Gasteiger partial charge in [-0.1, -0.05) is 23.2 Å². The van der Waals surface area contributed by atoms with Crippen molar-refractivity contribution in [2.45, 2.75) is 13.5 Å². The zero-order valence-corrected chi connectivity index (χ0v) is 14.1. The third kappa shape index (κ3) is 2.58. The molecule has 0 saturated carbocycles. The fourth-order valence-corrected chi connectivity index (χ4v) is 3.76. The van der Waals surface area contributed by atoms with Gasteiger partial charge in [-0.3, -0.25) is 0 Å². The van der Waals surface area contributed by atoms with E-state index >= 15 is 0 Å². The second-order valence-corrected chi connectivity index (χ2v) is 6.90. The first-order chi connectivity index (χ1) is 10.5. The van der Waals surface area contributed by atoms with Crippen LogP contribution in [0.25, 0.3) is 11.2 Å². The summed E-state index contributed by atoms with van der Waals surface area (Å²) in [6.07, 6.45) is 1.54. The minimum Gasteiger partial charge on any atom is -0.465 e. The van der Waals surface area contributed by atoms with Crippen LogP contribution in [0.2, 0.25) is 8.67 Å². The van der Waals surface area contributed by atoms with Gasteiger partial charge in [0.25, 0.3) is 0 Å². The highest BCUT2D eigenvalue weighted by molar-refractivity contribution is 7.20. The maximum Gasteiger partial charge on any atom is 0.340 e. The highest BCUT2D eigenvalue weighted by Crippen LogP contribution is 2.32. The van der Waals surface area contributed by atoms with Crippen LogP contribution < -0.4 is 0 Å². The van der Waals surface area contributed by atoms with Crippen molar-refractivity contribution in [2.75, 3.05) is 7.11 Å². The molecule has 0 aliphatic rings. The number of fused-ring (bicyclic) bond motifs is 1. The molecule has 0 N–H and O–H groups in total. The zero-order chi connectivity index (χ0) is 15.9. The molecule has 114 valence electrons. The lowest BCUT2D eigenvalue weighted by Crippen LogP contribution is -2.08. The number of aryl methyl sites for hydroxylation is 1. The second kappa shape index (κ2) is 5.87. The molecule has 3 aromatic heterocycles. The molecular weight excluding hydrogens is 345 g/mol. The SMILES string of the molecule is COC(=O)c1ccnc2nc(C)n(Cc3cc(Cl)sc3Cl)c12. The summed E-state index contributed by atoms with van der Waals surface area (Å²) in [5.41, 5.74) is 2.42. The van der Waals surface area contributed by atoms with Gasteiger partial charge in [0.05, 0.1) is 27.9 Å². The Kier molecular flexibility index (Phi) is 4.08. The number of halogens is 2. The van der Waals surface area contributed by atoms with Crippen molar-refractivity contribution in [3.8, 4) is 0 Å². The van der Waals surface area contributed by atoms with Crippen molar-refractivity contribution in [2.24, 2.45) is 0 Å². The molecule has 0 atom stereocenters. The molecule has 0 aliphatic carbocycles. The lowest BCUT2D eigenvalue weighted by molar-refractivity contribution is 0.0602. The van der Waals surface area contributed by atoms with Crippen LogP contribution in [0.15, 0.2) is 18.3 Å². The number of pyridine rings is 1. The number of esters is 1. The number of carbonyl (C=O) groups is 1. The van der Waals surface area contributed by atoms with Gasteiger partial charge < -0.3 is 9.30 Å². The lowest BCUT2D eigenvalue weighted by atomic mass is 10.2. The third-order valence-electron chi connectivity index (χ3n) is 3.29. The van der Waals surface area contributed by atoms with E-state index < -0.39 is 5.97 Å². The smallest absolute Gasteiger partial charge is 0.340 e. The monoisotopic (exact) mass is 355 g/mol. The van der Waals surface area contributed by atoms with Crippen LogP contribution in [0.4, 0.5) is 0 Å². The quantitative estimate of drug-likeness (QED) is 0.667. The van der Waals surface area contributed by atoms with Crippen LogP contribution in [0.3, 0.4) is 0 Å². The summed E-state index contributed by atoms with van der Waals surface area (Å²) >= 11 is 13.5. The predicted octanol–water partition coefficient (Wildman–Crippen LogP) is 3.94. The molecule has 0 spiro atoms. The molecule has 3 heterocycles. The molecule has 3 aromatic rings. The molecule has 0 aliphatic heterocycles. The van der Waals surface area contributed by atoms with E-state index in [1.807, 2.05) is 17.6 Å². The Balaban J connectivity index is 2.18. The summed E-state index contributed by atoms with van der Waals surface area (Å²) in [4.78, 5) is 20.6. The maximum atomic E-state index is 12.0. The molecule has 8 heteroatoms. The van der Waals surface area contributed by atoms with Gasteiger partial charge >= 0.3 is 5.97 Å². The first kappa shape index (κ1) is 15.3. The van der Waals surface area contributed by atoms with E-state index in [2.05, 4.69) is 9.97 Å². The minimum absolute atomic E-state index is 0.422. The van der Waals surface area contributed by atoms with Gasteiger partial charge in [0.1, 0.15) is 11.3 Å². The normalized spacial score (nSPS) is 11.1. The van der Waals surface area contributed by atoms with Crippen LogP contribution in [-0.4, -0.2) is 27.6 Å². The van der Waals surface area contributed by atoms with Crippen molar-refractivity contribution < 1.29 is 9.53 Å². The first-order valence-corrected chi connectivity index (χ1v) is 7.92. The number of hydrogen-bond acceptors (Lipinski definition) is 5. The lowest BCUT2D eigenvalue weighted by Gasteiger charge is -2.08. The van der Waals surface area contributed by atoms with E-state index in [1.165, 1.54) is 18.4 Å². The van der Waals surface area contributed by atoms with Gasteiger partial charge in [-0.25, -0.2) is 14.8 Å². The average Bonchev–Trinajstić information content (AvgIpc) is 2.98. The topological polar surface area (TPSA) is 57.0 Å². The van der Waals surface area contributed by atoms with Crippen molar-refractivity contribution in [3.63, 3.8) is 0 Å². The minimum atomic E-state index is -0.428. The molecule has 5 nitrogen and oxygen atoms in total. The zero-order valence-electron chi connectivity index (χ0n) is 11.8. The highest BCUT2D eigenvalue weighted by atomic mass is 35.5. The van der Waals surface area contributed by atoms with Crippen LogP contribution in [0.5, 0.6) is 0 Å². The molecule has 0 saturated heterocycles. The number of nitrogens with zero attached hydrogens (tertiary/aromatic N) is 3. The Morgan fingerprint density at radius 1 is 1.45 bits per heavy atom. The molecule has 0 radical (unpaired) electrons. The summed E-state index contributed by atoms with van der Waals surface area (Å²) in [6.45, 7) is 2.31. The van der Waals surface area contributed by atoms with Gasteiger partial charge in [0.15, 0.2) is 5.65 Å². The summed E-state index contributed by atoms with van der Waals surface area (Å²) < 4.78 is 7.96. The standard InChI is InChI=1S/C14H11Cl2N3O2S/c1-7-18-13-11(9(3-4-17-13)14(20)21-2)19(7)6-8-5-10(15)22-12(8)16/h3-5H,6H2,1-2H3. The van der Waals surface area contributed by atoms with Crippen molar-refractivity contribution in [3.05, 3.63) is 44.0 Å².